The highest BCUT2D eigenvalue weighted by Gasteiger charge is 2.20. The number of benzene rings is 1. The molecule has 1 aromatic heterocycles. The molecule has 2 heterocycles. The average molecular weight is 371 g/mol. The number of hydrogen-bond acceptors (Lipinski definition) is 5. The molecule has 9 heteroatoms. The number of anilines is 1. The Morgan fingerprint density at radius 1 is 1.15 bits per heavy atom. The van der Waals surface area contributed by atoms with Gasteiger partial charge < -0.3 is 20.3 Å². The zero-order valence-corrected chi connectivity index (χ0v) is 15.0. The van der Waals surface area contributed by atoms with Crippen molar-refractivity contribution < 1.29 is 19.1 Å². The van der Waals surface area contributed by atoms with E-state index in [2.05, 4.69) is 15.7 Å². The Bertz CT molecular complexity index is 828. The Hall–Kier alpha value is -3.20. The van der Waals surface area contributed by atoms with Crippen molar-refractivity contribution in [3.05, 3.63) is 42.1 Å². The molecule has 9 nitrogen and oxygen atoms in total. The molecule has 2 N–H and O–H groups in total. The Balaban J connectivity index is 1.71. The summed E-state index contributed by atoms with van der Waals surface area (Å²) in [7, 11) is 0. The maximum Gasteiger partial charge on any atom is 0.272 e. The first-order chi connectivity index (χ1) is 13.0. The molecule has 0 radical (unpaired) electrons. The van der Waals surface area contributed by atoms with Crippen LogP contribution in [-0.2, 0) is 14.3 Å². The Kier molecular flexibility index (Phi) is 5.82. The van der Waals surface area contributed by atoms with Gasteiger partial charge in [-0.2, -0.15) is 5.10 Å². The first kappa shape index (κ1) is 18.6. The van der Waals surface area contributed by atoms with Crippen LogP contribution in [0.3, 0.4) is 0 Å². The summed E-state index contributed by atoms with van der Waals surface area (Å²) in [4.78, 5) is 37.7. The number of morpholine rings is 1. The van der Waals surface area contributed by atoms with Crippen molar-refractivity contribution in [1.82, 2.24) is 20.0 Å². The summed E-state index contributed by atoms with van der Waals surface area (Å²) in [6.45, 7) is 3.30. The van der Waals surface area contributed by atoms with Gasteiger partial charge in [0.15, 0.2) is 5.69 Å². The molecule has 1 saturated heterocycles. The van der Waals surface area contributed by atoms with Gasteiger partial charge in [-0.05, 0) is 12.1 Å². The maximum absolute atomic E-state index is 12.4. The minimum atomic E-state index is -0.488. The summed E-state index contributed by atoms with van der Waals surface area (Å²) in [6.07, 6.45) is 0. The third-order valence-electron chi connectivity index (χ3n) is 4.01. The first-order valence-corrected chi connectivity index (χ1v) is 8.61. The number of rotatable bonds is 5. The zero-order valence-electron chi connectivity index (χ0n) is 15.0. The van der Waals surface area contributed by atoms with Crippen LogP contribution in [0.4, 0.5) is 5.82 Å². The van der Waals surface area contributed by atoms with Gasteiger partial charge in [0.05, 0.1) is 25.4 Å². The molecule has 0 atom stereocenters. The van der Waals surface area contributed by atoms with Gasteiger partial charge >= 0.3 is 0 Å². The lowest BCUT2D eigenvalue weighted by atomic mass is 10.3. The summed E-state index contributed by atoms with van der Waals surface area (Å²) in [5.74, 6) is -0.561. The molecule has 27 heavy (non-hydrogen) atoms. The van der Waals surface area contributed by atoms with E-state index < -0.39 is 5.91 Å². The monoisotopic (exact) mass is 371 g/mol. The van der Waals surface area contributed by atoms with Gasteiger partial charge in [0.1, 0.15) is 5.82 Å². The molecule has 1 aliphatic heterocycles. The fraction of sp³-hybridized carbons (Fsp3) is 0.333. The quantitative estimate of drug-likeness (QED) is 0.792. The van der Waals surface area contributed by atoms with Gasteiger partial charge in [-0.25, -0.2) is 4.68 Å². The van der Waals surface area contributed by atoms with E-state index >= 15 is 0 Å². The van der Waals surface area contributed by atoms with Crippen LogP contribution in [0, 0.1) is 0 Å². The van der Waals surface area contributed by atoms with Crippen molar-refractivity contribution in [2.24, 2.45) is 0 Å². The van der Waals surface area contributed by atoms with Crippen molar-refractivity contribution in [1.29, 1.82) is 0 Å². The van der Waals surface area contributed by atoms with E-state index in [0.717, 1.165) is 0 Å². The van der Waals surface area contributed by atoms with Gasteiger partial charge in [0.25, 0.3) is 5.91 Å². The maximum atomic E-state index is 12.4. The summed E-state index contributed by atoms with van der Waals surface area (Å²) in [5, 5.41) is 9.51. The molecule has 3 amide bonds. The summed E-state index contributed by atoms with van der Waals surface area (Å²) >= 11 is 0. The van der Waals surface area contributed by atoms with Crippen LogP contribution in [0.2, 0.25) is 0 Å². The van der Waals surface area contributed by atoms with E-state index in [1.807, 2.05) is 30.3 Å². The summed E-state index contributed by atoms with van der Waals surface area (Å²) < 4.78 is 6.68. The van der Waals surface area contributed by atoms with E-state index in [1.54, 1.807) is 4.90 Å². The number of nitrogens with zero attached hydrogens (tertiary/aromatic N) is 3. The number of carbonyl (C=O) groups excluding carboxylic acids is 3. The smallest absolute Gasteiger partial charge is 0.272 e. The van der Waals surface area contributed by atoms with Gasteiger partial charge in [-0.1, -0.05) is 18.2 Å². The average Bonchev–Trinajstić information content (AvgIpc) is 3.10. The molecule has 1 aromatic carbocycles. The summed E-state index contributed by atoms with van der Waals surface area (Å²) in [5.41, 5.74) is 0.807. The number of para-hydroxylation sites is 1. The van der Waals surface area contributed by atoms with Crippen LogP contribution in [0.1, 0.15) is 17.4 Å². The number of nitrogens with one attached hydrogen (secondary N) is 2. The predicted molar refractivity (Wildman–Crippen MR) is 97.6 cm³/mol. The van der Waals surface area contributed by atoms with Crippen LogP contribution in [0.25, 0.3) is 5.69 Å². The second kappa shape index (κ2) is 8.45. The van der Waals surface area contributed by atoms with Crippen LogP contribution in [-0.4, -0.2) is 65.2 Å². The second-order valence-corrected chi connectivity index (χ2v) is 6.02. The van der Waals surface area contributed by atoms with Crippen molar-refractivity contribution in [2.45, 2.75) is 6.92 Å². The first-order valence-electron chi connectivity index (χ1n) is 8.61. The van der Waals surface area contributed by atoms with Crippen molar-refractivity contribution in [3.63, 3.8) is 0 Å². The molecule has 0 aliphatic carbocycles. The lowest BCUT2D eigenvalue weighted by Gasteiger charge is -2.26. The summed E-state index contributed by atoms with van der Waals surface area (Å²) in [6, 6.07) is 10.6. The van der Waals surface area contributed by atoms with Crippen LogP contribution < -0.4 is 10.6 Å². The highest BCUT2D eigenvalue weighted by atomic mass is 16.5. The van der Waals surface area contributed by atoms with E-state index in [9.17, 15) is 14.4 Å². The molecule has 1 aliphatic rings. The SMILES string of the molecule is CC(=O)Nc1cc(C(=O)NCC(=O)N2CCOCC2)nn1-c1ccccc1. The van der Waals surface area contributed by atoms with Crippen molar-refractivity contribution in [2.75, 3.05) is 38.2 Å². The molecule has 1 fully saturated rings. The van der Waals surface area contributed by atoms with Crippen molar-refractivity contribution in [3.8, 4) is 5.69 Å². The minimum Gasteiger partial charge on any atom is -0.378 e. The normalized spacial score (nSPS) is 13.9. The standard InChI is InChI=1S/C18H21N5O4/c1-13(24)20-16-11-15(21-23(16)14-5-3-2-4-6-14)18(26)19-12-17(25)22-7-9-27-10-8-22/h2-6,11H,7-10,12H2,1H3,(H,19,26)(H,20,24). The Morgan fingerprint density at radius 2 is 1.85 bits per heavy atom. The molecule has 142 valence electrons. The second-order valence-electron chi connectivity index (χ2n) is 6.02. The molecule has 0 bridgehead atoms. The molecular formula is C18H21N5O4. The van der Waals surface area contributed by atoms with Gasteiger partial charge in [0.2, 0.25) is 11.8 Å². The largest absolute Gasteiger partial charge is 0.378 e. The van der Waals surface area contributed by atoms with Crippen molar-refractivity contribution >= 4 is 23.5 Å². The van der Waals surface area contributed by atoms with E-state index in [4.69, 9.17) is 4.74 Å². The van der Waals surface area contributed by atoms with E-state index in [1.165, 1.54) is 17.7 Å². The Labute approximate surface area is 156 Å². The van der Waals surface area contributed by atoms with Gasteiger partial charge in [-0.3, -0.25) is 14.4 Å². The molecule has 0 saturated carbocycles. The van der Waals surface area contributed by atoms with Crippen LogP contribution in [0.15, 0.2) is 36.4 Å². The lowest BCUT2D eigenvalue weighted by molar-refractivity contribution is -0.134. The minimum absolute atomic E-state index is 0.109. The van der Waals surface area contributed by atoms with Crippen LogP contribution in [0.5, 0.6) is 0 Å². The van der Waals surface area contributed by atoms with E-state index in [-0.39, 0.29) is 24.1 Å². The third kappa shape index (κ3) is 4.70. The number of amides is 3. The van der Waals surface area contributed by atoms with E-state index in [0.29, 0.717) is 37.8 Å². The molecular weight excluding hydrogens is 350 g/mol. The predicted octanol–water partition coefficient (Wildman–Crippen LogP) is 0.419. The molecule has 0 unspecified atom stereocenters. The number of carbonyl (C=O) groups is 3. The third-order valence-corrected chi connectivity index (χ3v) is 4.01. The van der Waals surface area contributed by atoms with Crippen LogP contribution >= 0.6 is 0 Å². The molecule has 2 aromatic rings. The highest BCUT2D eigenvalue weighted by Crippen LogP contribution is 2.17. The zero-order chi connectivity index (χ0) is 19.2. The fourth-order valence-corrected chi connectivity index (χ4v) is 2.70. The lowest BCUT2D eigenvalue weighted by Crippen LogP contribution is -2.45. The Morgan fingerprint density at radius 3 is 2.52 bits per heavy atom. The highest BCUT2D eigenvalue weighted by molar-refractivity contribution is 5.97. The van der Waals surface area contributed by atoms with Gasteiger partial charge in [-0.15, -0.1) is 0 Å². The topological polar surface area (TPSA) is 106 Å². The number of ether oxygens (including phenoxy) is 1. The fourth-order valence-electron chi connectivity index (χ4n) is 2.70. The number of aromatic nitrogens is 2. The van der Waals surface area contributed by atoms with Gasteiger partial charge in [0, 0.05) is 26.1 Å². The number of hydrogen-bond donors (Lipinski definition) is 2. The molecule has 0 spiro atoms. The molecule has 3 rings (SSSR count).